The molecule has 0 aliphatic rings. The van der Waals surface area contributed by atoms with Crippen LogP contribution < -0.4 is 0 Å². The van der Waals surface area contributed by atoms with Crippen molar-refractivity contribution in [1.29, 1.82) is 5.26 Å². The monoisotopic (exact) mass is 268 g/mol. The molecule has 0 fully saturated rings. The highest BCUT2D eigenvalue weighted by molar-refractivity contribution is 7.13. The second-order valence-electron chi connectivity index (χ2n) is 4.26. The summed E-state index contributed by atoms with van der Waals surface area (Å²) < 4.78 is 2.16. The molecule has 2 aromatic heterocycles. The van der Waals surface area contributed by atoms with Crippen LogP contribution in [0.1, 0.15) is 18.2 Å². The first-order chi connectivity index (χ1) is 9.24. The molecule has 3 rings (SSSR count). The smallest absolute Gasteiger partial charge is 0.153 e. The number of aromatic nitrogens is 3. The van der Waals surface area contributed by atoms with Gasteiger partial charge >= 0.3 is 0 Å². The van der Waals surface area contributed by atoms with Crippen molar-refractivity contribution < 1.29 is 0 Å². The van der Waals surface area contributed by atoms with E-state index >= 15 is 0 Å². The largest absolute Gasteiger partial charge is 0.324 e. The van der Waals surface area contributed by atoms with Crippen LogP contribution in [-0.4, -0.2) is 14.5 Å². The molecule has 5 heteroatoms. The number of nitrogens with zero attached hydrogens (tertiary/aromatic N) is 4. The van der Waals surface area contributed by atoms with E-state index in [1.165, 1.54) is 0 Å². The quantitative estimate of drug-likeness (QED) is 0.716. The third kappa shape index (κ3) is 1.81. The molecule has 19 heavy (non-hydrogen) atoms. The second kappa shape index (κ2) is 4.48. The van der Waals surface area contributed by atoms with Gasteiger partial charge in [0.2, 0.25) is 0 Å². The van der Waals surface area contributed by atoms with E-state index in [4.69, 9.17) is 5.26 Å². The zero-order valence-corrected chi connectivity index (χ0v) is 11.5. The van der Waals surface area contributed by atoms with E-state index in [1.807, 2.05) is 30.6 Å². The van der Waals surface area contributed by atoms with E-state index in [0.717, 1.165) is 34.0 Å². The number of rotatable bonds is 2. The van der Waals surface area contributed by atoms with Crippen molar-refractivity contribution in [3.63, 3.8) is 0 Å². The predicted molar refractivity (Wildman–Crippen MR) is 76.0 cm³/mol. The Kier molecular flexibility index (Phi) is 2.80. The summed E-state index contributed by atoms with van der Waals surface area (Å²) in [5, 5.41) is 8.97. The van der Waals surface area contributed by atoms with Crippen LogP contribution in [0.15, 0.2) is 23.7 Å². The molecule has 0 aliphatic heterocycles. The van der Waals surface area contributed by atoms with Crippen molar-refractivity contribution in [1.82, 2.24) is 14.5 Å². The summed E-state index contributed by atoms with van der Waals surface area (Å²) in [6.45, 7) is 4.93. The molecule has 94 valence electrons. The summed E-state index contributed by atoms with van der Waals surface area (Å²) in [5.41, 5.74) is 5.40. The minimum atomic E-state index is 0.640. The van der Waals surface area contributed by atoms with Gasteiger partial charge in [-0.1, -0.05) is 0 Å². The normalized spacial score (nSPS) is 10.8. The number of hydrogen-bond donors (Lipinski definition) is 0. The SMILES string of the molecule is CCn1c(-c2scnc2C)nc2cc(C#N)ccc21. The molecule has 4 nitrogen and oxygen atoms in total. The van der Waals surface area contributed by atoms with Gasteiger partial charge in [0.15, 0.2) is 5.82 Å². The molecule has 0 N–H and O–H groups in total. The molecule has 0 aliphatic carbocycles. The Balaban J connectivity index is 2.31. The third-order valence-electron chi connectivity index (χ3n) is 3.14. The molecule has 3 aromatic rings. The third-order valence-corrected chi connectivity index (χ3v) is 4.07. The summed E-state index contributed by atoms with van der Waals surface area (Å²) in [6.07, 6.45) is 0. The second-order valence-corrected chi connectivity index (χ2v) is 5.12. The molecule has 0 unspecified atom stereocenters. The number of hydrogen-bond acceptors (Lipinski definition) is 4. The molecule has 0 spiro atoms. The van der Waals surface area contributed by atoms with Gasteiger partial charge in [0.25, 0.3) is 0 Å². The van der Waals surface area contributed by atoms with Gasteiger partial charge in [-0.3, -0.25) is 0 Å². The number of nitriles is 1. The molecule has 0 saturated carbocycles. The van der Waals surface area contributed by atoms with Crippen molar-refractivity contribution >= 4 is 22.4 Å². The first-order valence-electron chi connectivity index (χ1n) is 6.05. The van der Waals surface area contributed by atoms with Crippen LogP contribution in [-0.2, 0) is 6.54 Å². The molecular formula is C14H12N4S. The van der Waals surface area contributed by atoms with Crippen LogP contribution >= 0.6 is 11.3 Å². The summed E-state index contributed by atoms with van der Waals surface area (Å²) in [5.74, 6) is 0.938. The van der Waals surface area contributed by atoms with Crippen molar-refractivity contribution in [3.05, 3.63) is 35.0 Å². The van der Waals surface area contributed by atoms with Crippen LogP contribution in [0.4, 0.5) is 0 Å². The lowest BCUT2D eigenvalue weighted by atomic mass is 10.2. The molecule has 2 heterocycles. The average Bonchev–Trinajstić information content (AvgIpc) is 3.00. The standard InChI is InChI=1S/C14H12N4S/c1-3-18-12-5-4-10(7-15)6-11(12)17-14(18)13-9(2)16-8-19-13/h4-6,8H,3H2,1-2H3. The van der Waals surface area contributed by atoms with E-state index in [9.17, 15) is 0 Å². The number of benzene rings is 1. The van der Waals surface area contributed by atoms with Gasteiger partial charge in [-0.2, -0.15) is 5.26 Å². The highest BCUT2D eigenvalue weighted by Crippen LogP contribution is 2.30. The highest BCUT2D eigenvalue weighted by atomic mass is 32.1. The Morgan fingerprint density at radius 3 is 2.89 bits per heavy atom. The lowest BCUT2D eigenvalue weighted by Gasteiger charge is -2.04. The van der Waals surface area contributed by atoms with Crippen LogP contribution in [0.3, 0.4) is 0 Å². The lowest BCUT2D eigenvalue weighted by Crippen LogP contribution is -1.97. The van der Waals surface area contributed by atoms with Crippen LogP contribution in [0, 0.1) is 18.3 Å². The number of fused-ring (bicyclic) bond motifs is 1. The van der Waals surface area contributed by atoms with Crippen LogP contribution in [0.2, 0.25) is 0 Å². The molecule has 0 bridgehead atoms. The molecule has 0 radical (unpaired) electrons. The summed E-state index contributed by atoms with van der Waals surface area (Å²) in [4.78, 5) is 10.1. The van der Waals surface area contributed by atoms with E-state index in [1.54, 1.807) is 11.3 Å². The maximum absolute atomic E-state index is 8.97. The fourth-order valence-electron chi connectivity index (χ4n) is 2.21. The van der Waals surface area contributed by atoms with Crippen molar-refractivity contribution in [2.24, 2.45) is 0 Å². The average molecular weight is 268 g/mol. The van der Waals surface area contributed by atoms with Gasteiger partial charge in [-0.15, -0.1) is 11.3 Å². The van der Waals surface area contributed by atoms with Gasteiger partial charge in [0, 0.05) is 6.54 Å². The topological polar surface area (TPSA) is 54.5 Å². The predicted octanol–water partition coefficient (Wildman–Crippen LogP) is 3.36. The minimum Gasteiger partial charge on any atom is -0.324 e. The van der Waals surface area contributed by atoms with Gasteiger partial charge in [0.1, 0.15) is 0 Å². The highest BCUT2D eigenvalue weighted by Gasteiger charge is 2.15. The van der Waals surface area contributed by atoms with Crippen molar-refractivity contribution in [2.45, 2.75) is 20.4 Å². The molecule has 0 amide bonds. The summed E-state index contributed by atoms with van der Waals surface area (Å²) in [7, 11) is 0. The van der Waals surface area contributed by atoms with E-state index in [-0.39, 0.29) is 0 Å². The van der Waals surface area contributed by atoms with Gasteiger partial charge < -0.3 is 4.57 Å². The number of imidazole rings is 1. The first-order valence-corrected chi connectivity index (χ1v) is 6.93. The Morgan fingerprint density at radius 1 is 1.42 bits per heavy atom. The lowest BCUT2D eigenvalue weighted by molar-refractivity contribution is 0.797. The van der Waals surface area contributed by atoms with Crippen LogP contribution in [0.25, 0.3) is 21.7 Å². The Hall–Kier alpha value is -2.19. The van der Waals surface area contributed by atoms with Gasteiger partial charge in [-0.25, -0.2) is 9.97 Å². The van der Waals surface area contributed by atoms with E-state index < -0.39 is 0 Å². The van der Waals surface area contributed by atoms with Crippen LogP contribution in [0.5, 0.6) is 0 Å². The van der Waals surface area contributed by atoms with Gasteiger partial charge in [0.05, 0.1) is 38.7 Å². The Bertz CT molecular complexity index is 791. The zero-order chi connectivity index (χ0) is 13.4. The maximum Gasteiger partial charge on any atom is 0.153 e. The zero-order valence-electron chi connectivity index (χ0n) is 10.7. The van der Waals surface area contributed by atoms with E-state index in [2.05, 4.69) is 27.5 Å². The Morgan fingerprint density at radius 2 is 2.26 bits per heavy atom. The minimum absolute atomic E-state index is 0.640. The molecular weight excluding hydrogens is 256 g/mol. The Labute approximate surface area is 115 Å². The summed E-state index contributed by atoms with van der Waals surface area (Å²) in [6, 6.07) is 7.78. The van der Waals surface area contributed by atoms with Crippen molar-refractivity contribution in [3.8, 4) is 16.8 Å². The van der Waals surface area contributed by atoms with Crippen molar-refractivity contribution in [2.75, 3.05) is 0 Å². The number of thiazole rings is 1. The fraction of sp³-hybridized carbons (Fsp3) is 0.214. The number of aryl methyl sites for hydroxylation is 2. The first kappa shape index (κ1) is 11.9. The van der Waals surface area contributed by atoms with Gasteiger partial charge in [-0.05, 0) is 32.0 Å². The fourth-order valence-corrected chi connectivity index (χ4v) is 3.01. The maximum atomic E-state index is 8.97. The molecule has 0 saturated heterocycles. The summed E-state index contributed by atoms with van der Waals surface area (Å²) >= 11 is 1.60. The molecule has 1 aromatic carbocycles. The molecule has 0 atom stereocenters. The van der Waals surface area contributed by atoms with E-state index in [0.29, 0.717) is 5.56 Å².